The average Bonchev–Trinajstić information content (AvgIpc) is 2.56. The molecule has 0 radical (unpaired) electrons. The topological polar surface area (TPSA) is 24.9 Å². The summed E-state index contributed by atoms with van der Waals surface area (Å²) in [6.07, 6.45) is 4.18. The van der Waals surface area contributed by atoms with E-state index in [1.54, 1.807) is 0 Å². The summed E-state index contributed by atoms with van der Waals surface area (Å²) in [5.41, 5.74) is 3.80. The number of nitrogens with zero attached hydrogens (tertiary/aromatic N) is 1. The summed E-state index contributed by atoms with van der Waals surface area (Å²) >= 11 is 0. The lowest BCUT2D eigenvalue weighted by Crippen LogP contribution is -2.15. The van der Waals surface area contributed by atoms with Gasteiger partial charge < -0.3 is 5.32 Å². The molecule has 2 nitrogen and oxygen atoms in total. The number of hydrogen-bond acceptors (Lipinski definition) is 2. The van der Waals surface area contributed by atoms with E-state index in [2.05, 4.69) is 64.9 Å². The zero-order chi connectivity index (χ0) is 14.3. The Labute approximate surface area is 125 Å². The first-order valence-corrected chi connectivity index (χ1v) is 7.51. The number of benzene rings is 2. The molecule has 1 aromatic heterocycles. The van der Waals surface area contributed by atoms with Crippen LogP contribution < -0.4 is 5.32 Å². The molecule has 106 valence electrons. The summed E-state index contributed by atoms with van der Waals surface area (Å²) in [4.78, 5) is 4.40. The Morgan fingerprint density at radius 3 is 2.57 bits per heavy atom. The highest BCUT2D eigenvalue weighted by molar-refractivity contribution is 5.81. The molecule has 1 N–H and O–H groups in total. The van der Waals surface area contributed by atoms with Crippen molar-refractivity contribution in [3.05, 3.63) is 78.0 Å². The van der Waals surface area contributed by atoms with Crippen molar-refractivity contribution in [2.24, 2.45) is 0 Å². The van der Waals surface area contributed by atoms with Crippen LogP contribution in [0.2, 0.25) is 0 Å². The highest BCUT2D eigenvalue weighted by Crippen LogP contribution is 2.15. The predicted octanol–water partition coefficient (Wildman–Crippen LogP) is 3.96. The number of rotatable bonds is 6. The monoisotopic (exact) mass is 276 g/mol. The van der Waals surface area contributed by atoms with E-state index in [0.29, 0.717) is 0 Å². The zero-order valence-electron chi connectivity index (χ0n) is 12.1. The van der Waals surface area contributed by atoms with Crippen molar-refractivity contribution in [2.75, 3.05) is 6.54 Å². The van der Waals surface area contributed by atoms with Crippen molar-refractivity contribution >= 4 is 10.9 Å². The molecule has 2 heteroatoms. The van der Waals surface area contributed by atoms with E-state index >= 15 is 0 Å². The zero-order valence-corrected chi connectivity index (χ0v) is 12.1. The van der Waals surface area contributed by atoms with Crippen molar-refractivity contribution in [2.45, 2.75) is 19.4 Å². The number of para-hydroxylation sites is 1. The molecule has 3 aromatic rings. The van der Waals surface area contributed by atoms with E-state index in [1.807, 2.05) is 12.3 Å². The molecular weight excluding hydrogens is 256 g/mol. The lowest BCUT2D eigenvalue weighted by Gasteiger charge is -2.08. The fourth-order valence-corrected chi connectivity index (χ4v) is 2.59. The fourth-order valence-electron chi connectivity index (χ4n) is 2.59. The number of fused-ring (bicyclic) bond motifs is 1. The number of nitrogens with one attached hydrogen (secondary N) is 1. The molecule has 0 unspecified atom stereocenters. The van der Waals surface area contributed by atoms with Crippen molar-refractivity contribution < 1.29 is 0 Å². The molecule has 2 aromatic carbocycles. The predicted molar refractivity (Wildman–Crippen MR) is 88.2 cm³/mol. The van der Waals surface area contributed by atoms with Crippen LogP contribution in [0, 0.1) is 0 Å². The maximum Gasteiger partial charge on any atom is 0.0705 e. The summed E-state index contributed by atoms with van der Waals surface area (Å²) in [7, 11) is 0. The van der Waals surface area contributed by atoms with E-state index < -0.39 is 0 Å². The molecule has 0 spiro atoms. The molecule has 0 amide bonds. The molecule has 21 heavy (non-hydrogen) atoms. The number of aryl methyl sites for hydroxylation is 1. The van der Waals surface area contributed by atoms with Gasteiger partial charge in [-0.05, 0) is 42.6 Å². The van der Waals surface area contributed by atoms with Gasteiger partial charge in [0.1, 0.15) is 0 Å². The number of pyridine rings is 1. The Bertz CT molecular complexity index is 687. The molecule has 0 saturated heterocycles. The molecule has 0 aliphatic heterocycles. The molecular formula is C19H20N2. The van der Waals surface area contributed by atoms with Crippen LogP contribution in [0.5, 0.6) is 0 Å². The van der Waals surface area contributed by atoms with Crippen LogP contribution in [0.15, 0.2) is 66.9 Å². The molecule has 0 fully saturated rings. The van der Waals surface area contributed by atoms with Gasteiger partial charge in [0.05, 0.1) is 5.52 Å². The van der Waals surface area contributed by atoms with E-state index in [-0.39, 0.29) is 0 Å². The van der Waals surface area contributed by atoms with Crippen LogP contribution in [0.25, 0.3) is 10.9 Å². The van der Waals surface area contributed by atoms with Gasteiger partial charge in [0.25, 0.3) is 0 Å². The third kappa shape index (κ3) is 3.67. The second-order valence-corrected chi connectivity index (χ2v) is 5.25. The quantitative estimate of drug-likeness (QED) is 0.689. The van der Waals surface area contributed by atoms with Crippen LogP contribution in [-0.2, 0) is 13.0 Å². The average molecular weight is 276 g/mol. The molecule has 1 heterocycles. The highest BCUT2D eigenvalue weighted by Gasteiger charge is 2.00. The first kappa shape index (κ1) is 13.8. The molecule has 0 aliphatic carbocycles. The van der Waals surface area contributed by atoms with E-state index in [4.69, 9.17) is 0 Å². The van der Waals surface area contributed by atoms with Crippen molar-refractivity contribution in [1.82, 2.24) is 10.3 Å². The van der Waals surface area contributed by atoms with Gasteiger partial charge in [0.2, 0.25) is 0 Å². The van der Waals surface area contributed by atoms with Crippen molar-refractivity contribution in [3.63, 3.8) is 0 Å². The van der Waals surface area contributed by atoms with E-state index in [0.717, 1.165) is 31.4 Å². The SMILES string of the molecule is c1ccc(CCCNCc2ccnc3ccccc23)cc1. The fraction of sp³-hybridized carbons (Fsp3) is 0.211. The Hall–Kier alpha value is -2.19. The van der Waals surface area contributed by atoms with Gasteiger partial charge in [0.15, 0.2) is 0 Å². The summed E-state index contributed by atoms with van der Waals surface area (Å²) < 4.78 is 0. The van der Waals surface area contributed by atoms with Crippen LogP contribution in [-0.4, -0.2) is 11.5 Å². The lowest BCUT2D eigenvalue weighted by atomic mass is 10.1. The van der Waals surface area contributed by atoms with Crippen LogP contribution in [0.1, 0.15) is 17.5 Å². The van der Waals surface area contributed by atoms with Crippen LogP contribution in [0.3, 0.4) is 0 Å². The molecule has 3 rings (SSSR count). The van der Waals surface area contributed by atoms with Gasteiger partial charge in [-0.3, -0.25) is 4.98 Å². The van der Waals surface area contributed by atoms with Gasteiger partial charge in [-0.1, -0.05) is 48.5 Å². The normalized spacial score (nSPS) is 10.9. The first-order chi connectivity index (χ1) is 10.4. The van der Waals surface area contributed by atoms with Crippen molar-refractivity contribution in [3.8, 4) is 0 Å². The minimum absolute atomic E-state index is 0.901. The Morgan fingerprint density at radius 2 is 1.67 bits per heavy atom. The van der Waals surface area contributed by atoms with Crippen molar-refractivity contribution in [1.29, 1.82) is 0 Å². The highest BCUT2D eigenvalue weighted by atomic mass is 14.8. The lowest BCUT2D eigenvalue weighted by molar-refractivity contribution is 0.651. The number of hydrogen-bond donors (Lipinski definition) is 1. The molecule has 0 aliphatic rings. The Morgan fingerprint density at radius 1 is 0.857 bits per heavy atom. The maximum absolute atomic E-state index is 4.40. The molecule has 0 atom stereocenters. The van der Waals surface area contributed by atoms with Gasteiger partial charge in [0, 0.05) is 18.1 Å². The Balaban J connectivity index is 1.51. The number of aromatic nitrogens is 1. The Kier molecular flexibility index (Phi) is 4.59. The van der Waals surface area contributed by atoms with Crippen LogP contribution in [0.4, 0.5) is 0 Å². The van der Waals surface area contributed by atoms with E-state index in [9.17, 15) is 0 Å². The minimum Gasteiger partial charge on any atom is -0.313 e. The minimum atomic E-state index is 0.901. The molecule has 0 bridgehead atoms. The molecule has 0 saturated carbocycles. The largest absolute Gasteiger partial charge is 0.313 e. The first-order valence-electron chi connectivity index (χ1n) is 7.51. The third-order valence-corrected chi connectivity index (χ3v) is 3.72. The van der Waals surface area contributed by atoms with Gasteiger partial charge in [-0.15, -0.1) is 0 Å². The second kappa shape index (κ2) is 7.00. The van der Waals surface area contributed by atoms with E-state index in [1.165, 1.54) is 16.5 Å². The standard InChI is InChI=1S/C19H20N2/c1-2-7-16(8-3-1)9-6-13-20-15-17-12-14-21-19-11-5-4-10-18(17)19/h1-5,7-8,10-12,14,20H,6,9,13,15H2. The van der Waals surface area contributed by atoms with Gasteiger partial charge in [-0.2, -0.15) is 0 Å². The smallest absolute Gasteiger partial charge is 0.0705 e. The van der Waals surface area contributed by atoms with Crippen LogP contribution >= 0.6 is 0 Å². The summed E-state index contributed by atoms with van der Waals surface area (Å²) in [6, 6.07) is 21.1. The second-order valence-electron chi connectivity index (χ2n) is 5.25. The summed E-state index contributed by atoms with van der Waals surface area (Å²) in [5, 5.41) is 4.78. The van der Waals surface area contributed by atoms with Gasteiger partial charge in [-0.25, -0.2) is 0 Å². The summed E-state index contributed by atoms with van der Waals surface area (Å²) in [5.74, 6) is 0. The maximum atomic E-state index is 4.40. The third-order valence-electron chi connectivity index (χ3n) is 3.72. The summed E-state index contributed by atoms with van der Waals surface area (Å²) in [6.45, 7) is 1.93. The van der Waals surface area contributed by atoms with Gasteiger partial charge >= 0.3 is 0 Å².